The fourth-order valence-corrected chi connectivity index (χ4v) is 3.74. The highest BCUT2D eigenvalue weighted by Gasteiger charge is 2.23. The third-order valence-electron chi connectivity index (χ3n) is 5.34. The van der Waals surface area contributed by atoms with Crippen LogP contribution >= 0.6 is 0 Å². The number of ether oxygens (including phenoxy) is 2. The molecular formula is C22H28N4O3. The number of aromatic amines is 1. The number of furan rings is 1. The molecule has 4 rings (SSSR count). The van der Waals surface area contributed by atoms with E-state index in [0.29, 0.717) is 6.54 Å². The summed E-state index contributed by atoms with van der Waals surface area (Å²) in [6.07, 6.45) is 1.86. The molecule has 7 heteroatoms. The van der Waals surface area contributed by atoms with E-state index in [1.165, 1.54) is 5.56 Å². The van der Waals surface area contributed by atoms with Crippen LogP contribution in [0, 0.1) is 6.92 Å². The SMILES string of the molecule is COc1ccc(C(CNCc2cn[nH]c2-c2ccc(C)o2)N2CCOCC2)cc1. The minimum Gasteiger partial charge on any atom is -0.497 e. The summed E-state index contributed by atoms with van der Waals surface area (Å²) in [5.74, 6) is 2.58. The molecule has 1 unspecified atom stereocenters. The maximum atomic E-state index is 5.75. The van der Waals surface area contributed by atoms with Crippen LogP contribution in [0.25, 0.3) is 11.5 Å². The Kier molecular flexibility index (Phi) is 6.29. The summed E-state index contributed by atoms with van der Waals surface area (Å²) in [7, 11) is 1.69. The maximum Gasteiger partial charge on any atom is 0.152 e. The van der Waals surface area contributed by atoms with Crippen LogP contribution in [0.15, 0.2) is 47.0 Å². The van der Waals surface area contributed by atoms with Crippen LogP contribution in [-0.4, -0.2) is 55.1 Å². The fourth-order valence-electron chi connectivity index (χ4n) is 3.74. The number of rotatable bonds is 8. The molecule has 1 fully saturated rings. The van der Waals surface area contributed by atoms with Crippen molar-refractivity contribution < 1.29 is 13.9 Å². The zero-order valence-electron chi connectivity index (χ0n) is 17.0. The highest BCUT2D eigenvalue weighted by Crippen LogP contribution is 2.25. The van der Waals surface area contributed by atoms with E-state index < -0.39 is 0 Å². The van der Waals surface area contributed by atoms with Gasteiger partial charge in [0.05, 0.1) is 26.5 Å². The van der Waals surface area contributed by atoms with E-state index in [9.17, 15) is 0 Å². The van der Waals surface area contributed by atoms with Crippen LogP contribution in [0.2, 0.25) is 0 Å². The lowest BCUT2D eigenvalue weighted by molar-refractivity contribution is 0.0161. The van der Waals surface area contributed by atoms with Crippen LogP contribution < -0.4 is 10.1 Å². The summed E-state index contributed by atoms with van der Waals surface area (Å²) < 4.78 is 16.6. The first-order valence-corrected chi connectivity index (χ1v) is 10.00. The Morgan fingerprint density at radius 2 is 1.97 bits per heavy atom. The minimum absolute atomic E-state index is 0.269. The van der Waals surface area contributed by atoms with Crippen LogP contribution in [-0.2, 0) is 11.3 Å². The van der Waals surface area contributed by atoms with Crippen molar-refractivity contribution in [1.82, 2.24) is 20.4 Å². The average molecular weight is 396 g/mol. The third kappa shape index (κ3) is 4.70. The monoisotopic (exact) mass is 396 g/mol. The normalized spacial score (nSPS) is 16.1. The van der Waals surface area contributed by atoms with Gasteiger partial charge in [0.1, 0.15) is 17.2 Å². The van der Waals surface area contributed by atoms with Gasteiger partial charge in [-0.1, -0.05) is 12.1 Å². The number of benzene rings is 1. The van der Waals surface area contributed by atoms with Crippen molar-refractivity contribution in [2.24, 2.45) is 0 Å². The number of nitrogens with zero attached hydrogens (tertiary/aromatic N) is 2. The number of H-pyrrole nitrogens is 1. The highest BCUT2D eigenvalue weighted by molar-refractivity contribution is 5.56. The summed E-state index contributed by atoms with van der Waals surface area (Å²) >= 11 is 0. The van der Waals surface area contributed by atoms with Crippen molar-refractivity contribution in [1.29, 1.82) is 0 Å². The lowest BCUT2D eigenvalue weighted by atomic mass is 10.0. The molecule has 0 spiro atoms. The third-order valence-corrected chi connectivity index (χ3v) is 5.34. The highest BCUT2D eigenvalue weighted by atomic mass is 16.5. The van der Waals surface area contributed by atoms with Gasteiger partial charge < -0.3 is 19.2 Å². The van der Waals surface area contributed by atoms with Gasteiger partial charge in [-0.2, -0.15) is 5.10 Å². The lowest BCUT2D eigenvalue weighted by Gasteiger charge is -2.35. The Morgan fingerprint density at radius 3 is 2.66 bits per heavy atom. The molecule has 0 aliphatic carbocycles. The molecule has 1 aliphatic rings. The second-order valence-corrected chi connectivity index (χ2v) is 7.25. The van der Waals surface area contributed by atoms with Crippen LogP contribution in [0.1, 0.15) is 22.9 Å². The van der Waals surface area contributed by atoms with Gasteiger partial charge >= 0.3 is 0 Å². The predicted octanol–water partition coefficient (Wildman–Crippen LogP) is 3.15. The molecule has 154 valence electrons. The van der Waals surface area contributed by atoms with Gasteiger partial charge in [-0.15, -0.1) is 0 Å². The molecule has 2 aromatic heterocycles. The van der Waals surface area contributed by atoms with Gasteiger partial charge in [0.2, 0.25) is 0 Å². The summed E-state index contributed by atoms with van der Waals surface area (Å²) in [4.78, 5) is 2.48. The van der Waals surface area contributed by atoms with Gasteiger partial charge in [-0.3, -0.25) is 10.00 Å². The summed E-state index contributed by atoms with van der Waals surface area (Å²) in [5.41, 5.74) is 3.29. The molecule has 3 heterocycles. The maximum absolute atomic E-state index is 5.75. The molecule has 0 bridgehead atoms. The smallest absolute Gasteiger partial charge is 0.152 e. The first kappa shape index (κ1) is 19.7. The number of nitrogens with one attached hydrogen (secondary N) is 2. The molecule has 2 N–H and O–H groups in total. The van der Waals surface area contributed by atoms with Gasteiger partial charge in [0, 0.05) is 37.8 Å². The Morgan fingerprint density at radius 1 is 1.17 bits per heavy atom. The van der Waals surface area contributed by atoms with Crippen molar-refractivity contribution in [2.75, 3.05) is 40.0 Å². The number of hydrogen-bond acceptors (Lipinski definition) is 6. The second-order valence-electron chi connectivity index (χ2n) is 7.25. The topological polar surface area (TPSA) is 75.5 Å². The summed E-state index contributed by atoms with van der Waals surface area (Å²) in [5, 5.41) is 10.9. The quantitative estimate of drug-likeness (QED) is 0.609. The molecule has 0 amide bonds. The molecule has 7 nitrogen and oxygen atoms in total. The van der Waals surface area contributed by atoms with Gasteiger partial charge in [0.25, 0.3) is 0 Å². The number of aryl methyl sites for hydroxylation is 1. The van der Waals surface area contributed by atoms with Crippen LogP contribution in [0.3, 0.4) is 0 Å². The molecule has 1 aromatic carbocycles. The zero-order chi connectivity index (χ0) is 20.1. The number of aromatic nitrogens is 2. The molecule has 1 aliphatic heterocycles. The summed E-state index contributed by atoms with van der Waals surface area (Å²) in [6, 6.07) is 12.6. The van der Waals surface area contributed by atoms with Crippen LogP contribution in [0.5, 0.6) is 5.75 Å². The van der Waals surface area contributed by atoms with Crippen molar-refractivity contribution >= 4 is 0 Å². The Hall–Kier alpha value is -2.61. The Balaban J connectivity index is 1.45. The second kappa shape index (κ2) is 9.26. The minimum atomic E-state index is 0.269. The number of methoxy groups -OCH3 is 1. The molecule has 1 atom stereocenters. The molecule has 0 radical (unpaired) electrons. The molecular weight excluding hydrogens is 368 g/mol. The van der Waals surface area contributed by atoms with E-state index in [2.05, 4.69) is 32.5 Å². The average Bonchev–Trinajstić information content (AvgIpc) is 3.40. The standard InChI is InChI=1S/C22H28N4O3/c1-16-3-8-21(29-16)22-18(14-24-25-22)13-23-15-20(26-9-11-28-12-10-26)17-4-6-19(27-2)7-5-17/h3-8,14,20,23H,9-13,15H2,1-2H3,(H,24,25). The van der Waals surface area contributed by atoms with E-state index in [4.69, 9.17) is 13.9 Å². The van der Waals surface area contributed by atoms with E-state index in [0.717, 1.165) is 61.4 Å². The zero-order valence-corrected chi connectivity index (χ0v) is 17.0. The molecule has 3 aromatic rings. The first-order valence-electron chi connectivity index (χ1n) is 10.00. The Labute approximate surface area is 171 Å². The Bertz CT molecular complexity index is 897. The van der Waals surface area contributed by atoms with Crippen molar-refractivity contribution in [3.8, 4) is 17.2 Å². The van der Waals surface area contributed by atoms with Gasteiger partial charge in [-0.05, 0) is 36.8 Å². The number of hydrogen-bond donors (Lipinski definition) is 2. The first-order chi connectivity index (χ1) is 14.2. The van der Waals surface area contributed by atoms with E-state index in [-0.39, 0.29) is 6.04 Å². The largest absolute Gasteiger partial charge is 0.497 e. The van der Waals surface area contributed by atoms with Crippen molar-refractivity contribution in [3.63, 3.8) is 0 Å². The molecule has 0 saturated carbocycles. The van der Waals surface area contributed by atoms with E-state index >= 15 is 0 Å². The van der Waals surface area contributed by atoms with Crippen molar-refractivity contribution in [3.05, 3.63) is 59.5 Å². The molecule has 1 saturated heterocycles. The fraction of sp³-hybridized carbons (Fsp3) is 0.409. The predicted molar refractivity (Wildman–Crippen MR) is 111 cm³/mol. The van der Waals surface area contributed by atoms with E-state index in [1.54, 1.807) is 7.11 Å². The molecule has 29 heavy (non-hydrogen) atoms. The summed E-state index contributed by atoms with van der Waals surface area (Å²) in [6.45, 7) is 6.89. The number of morpholine rings is 1. The van der Waals surface area contributed by atoms with E-state index in [1.807, 2.05) is 37.4 Å². The van der Waals surface area contributed by atoms with Gasteiger partial charge in [0.15, 0.2) is 5.76 Å². The lowest BCUT2D eigenvalue weighted by Crippen LogP contribution is -2.42. The van der Waals surface area contributed by atoms with Crippen LogP contribution in [0.4, 0.5) is 0 Å². The van der Waals surface area contributed by atoms with Gasteiger partial charge in [-0.25, -0.2) is 0 Å². The van der Waals surface area contributed by atoms with Crippen molar-refractivity contribution in [2.45, 2.75) is 19.5 Å².